The summed E-state index contributed by atoms with van der Waals surface area (Å²) in [7, 11) is 7.11. The van der Waals surface area contributed by atoms with Crippen molar-refractivity contribution < 1.29 is 14.2 Å². The quantitative estimate of drug-likeness (QED) is 0.817. The summed E-state index contributed by atoms with van der Waals surface area (Å²) >= 11 is 0. The highest BCUT2D eigenvalue weighted by Crippen LogP contribution is 2.40. The number of rotatable bonds is 4. The normalized spacial score (nSPS) is 13.7. The van der Waals surface area contributed by atoms with Gasteiger partial charge in [-0.1, -0.05) is 33.8 Å². The van der Waals surface area contributed by atoms with Gasteiger partial charge < -0.3 is 19.1 Å². The van der Waals surface area contributed by atoms with Gasteiger partial charge in [-0.3, -0.25) is 0 Å². The van der Waals surface area contributed by atoms with Crippen LogP contribution in [0.5, 0.6) is 17.2 Å². The molecule has 2 rings (SSSR count). The lowest BCUT2D eigenvalue weighted by molar-refractivity contribution is 0.362. The Morgan fingerprint density at radius 3 is 1.74 bits per heavy atom. The molecule has 0 radical (unpaired) electrons. The molecule has 23 heavy (non-hydrogen) atoms. The second-order valence-electron chi connectivity index (χ2n) is 4.65. The van der Waals surface area contributed by atoms with Gasteiger partial charge in [0.2, 0.25) is 0 Å². The summed E-state index contributed by atoms with van der Waals surface area (Å²) in [5, 5.41) is 0. The van der Waals surface area contributed by atoms with Crippen molar-refractivity contribution in [2.75, 3.05) is 41.5 Å². The molecule has 0 N–H and O–H groups in total. The average Bonchev–Trinajstić information content (AvgIpc) is 2.64. The molecule has 0 saturated heterocycles. The first kappa shape index (κ1) is 21.3. The Morgan fingerprint density at radius 1 is 0.870 bits per heavy atom. The van der Waals surface area contributed by atoms with Gasteiger partial charge in [0.15, 0.2) is 0 Å². The van der Waals surface area contributed by atoms with Gasteiger partial charge in [-0.05, 0) is 19.0 Å². The molecule has 0 fully saturated rings. The van der Waals surface area contributed by atoms with Gasteiger partial charge in [-0.25, -0.2) is 0 Å². The Labute approximate surface area is 142 Å². The molecule has 0 spiro atoms. The van der Waals surface area contributed by atoms with E-state index in [9.17, 15) is 0 Å². The Balaban J connectivity index is 0.00000112. The first-order valence-corrected chi connectivity index (χ1v) is 8.37. The zero-order chi connectivity index (χ0) is 17.8. The fourth-order valence-corrected chi connectivity index (χ4v) is 2.32. The van der Waals surface area contributed by atoms with E-state index in [1.54, 1.807) is 21.3 Å². The number of hydrogen-bond acceptors (Lipinski definition) is 4. The number of hydrogen-bond donors (Lipinski definition) is 0. The maximum Gasteiger partial charge on any atom is 0.133 e. The Kier molecular flexibility index (Phi) is 11.0. The summed E-state index contributed by atoms with van der Waals surface area (Å²) in [4.78, 5) is 2.28. The van der Waals surface area contributed by atoms with Crippen LogP contribution in [-0.2, 0) is 0 Å². The molecule has 4 nitrogen and oxygen atoms in total. The third kappa shape index (κ3) is 5.79. The summed E-state index contributed by atoms with van der Waals surface area (Å²) in [5.74, 6) is 2.34. The third-order valence-electron chi connectivity index (χ3n) is 3.45. The van der Waals surface area contributed by atoms with E-state index in [1.807, 2.05) is 39.8 Å². The number of ether oxygens (including phenoxy) is 3. The molecular weight excluding hydrogens is 290 g/mol. The molecule has 1 aromatic rings. The molecule has 0 saturated carbocycles. The SMILES string of the molecule is CC.CC.COc1cc(OC)c(C2=CCN(C)CC2)c(OC)c1. The first-order chi connectivity index (χ1) is 11.2. The van der Waals surface area contributed by atoms with Gasteiger partial charge in [0.05, 0.1) is 26.9 Å². The van der Waals surface area contributed by atoms with Crippen LogP contribution in [0.25, 0.3) is 5.57 Å². The summed E-state index contributed by atoms with van der Waals surface area (Å²) in [5.41, 5.74) is 2.31. The minimum absolute atomic E-state index is 0.742. The van der Waals surface area contributed by atoms with Crippen LogP contribution in [0.1, 0.15) is 39.7 Å². The van der Waals surface area contributed by atoms with E-state index in [1.165, 1.54) is 5.57 Å². The highest BCUT2D eigenvalue weighted by molar-refractivity contribution is 5.77. The lowest BCUT2D eigenvalue weighted by Gasteiger charge is -2.24. The van der Waals surface area contributed by atoms with Crippen LogP contribution >= 0.6 is 0 Å². The van der Waals surface area contributed by atoms with E-state index in [4.69, 9.17) is 14.2 Å². The lowest BCUT2D eigenvalue weighted by Crippen LogP contribution is -2.23. The molecule has 1 aromatic carbocycles. The van der Waals surface area contributed by atoms with Crippen molar-refractivity contribution in [3.05, 3.63) is 23.8 Å². The molecule has 1 aliphatic rings. The van der Waals surface area contributed by atoms with Gasteiger partial charge in [-0.15, -0.1) is 0 Å². The second-order valence-corrected chi connectivity index (χ2v) is 4.65. The molecule has 0 bridgehead atoms. The van der Waals surface area contributed by atoms with Crippen LogP contribution < -0.4 is 14.2 Å². The predicted octanol–water partition coefficient (Wildman–Crippen LogP) is 4.48. The molecule has 1 heterocycles. The molecule has 132 valence electrons. The summed E-state index contributed by atoms with van der Waals surface area (Å²) < 4.78 is 16.3. The maximum absolute atomic E-state index is 5.50. The van der Waals surface area contributed by atoms with Crippen molar-refractivity contribution in [1.82, 2.24) is 4.90 Å². The Hall–Kier alpha value is -1.68. The number of methoxy groups -OCH3 is 3. The topological polar surface area (TPSA) is 30.9 Å². The summed E-state index contributed by atoms with van der Waals surface area (Å²) in [6.45, 7) is 10.00. The number of likely N-dealkylation sites (N-methyl/N-ethyl adjacent to an activating group) is 1. The van der Waals surface area contributed by atoms with E-state index in [2.05, 4.69) is 18.0 Å². The lowest BCUT2D eigenvalue weighted by atomic mass is 9.97. The highest BCUT2D eigenvalue weighted by Gasteiger charge is 2.19. The zero-order valence-electron chi connectivity index (χ0n) is 16.0. The number of nitrogens with zero attached hydrogens (tertiary/aromatic N) is 1. The molecule has 1 aliphatic heterocycles. The molecule has 4 heteroatoms. The minimum Gasteiger partial charge on any atom is -0.496 e. The van der Waals surface area contributed by atoms with Crippen LogP contribution in [-0.4, -0.2) is 46.4 Å². The van der Waals surface area contributed by atoms with Crippen LogP contribution in [0.3, 0.4) is 0 Å². The fourth-order valence-electron chi connectivity index (χ4n) is 2.32. The van der Waals surface area contributed by atoms with E-state index in [0.29, 0.717) is 0 Å². The van der Waals surface area contributed by atoms with Gasteiger partial charge in [0.1, 0.15) is 17.2 Å². The molecule has 0 aromatic heterocycles. The van der Waals surface area contributed by atoms with Crippen LogP contribution in [0.15, 0.2) is 18.2 Å². The monoisotopic (exact) mass is 323 g/mol. The Bertz CT molecular complexity index is 458. The van der Waals surface area contributed by atoms with Crippen molar-refractivity contribution >= 4 is 5.57 Å². The van der Waals surface area contributed by atoms with Crippen molar-refractivity contribution in [2.45, 2.75) is 34.1 Å². The van der Waals surface area contributed by atoms with E-state index < -0.39 is 0 Å². The minimum atomic E-state index is 0.742. The summed E-state index contributed by atoms with van der Waals surface area (Å²) in [6, 6.07) is 3.80. The maximum atomic E-state index is 5.50. The van der Waals surface area contributed by atoms with Gasteiger partial charge >= 0.3 is 0 Å². The van der Waals surface area contributed by atoms with Crippen LogP contribution in [0, 0.1) is 0 Å². The average molecular weight is 323 g/mol. The van der Waals surface area contributed by atoms with E-state index >= 15 is 0 Å². The standard InChI is InChI=1S/C15H21NO3.2C2H6/c1-16-7-5-11(6-8-16)15-13(18-3)9-12(17-2)10-14(15)19-4;2*1-2/h5,9-10H,6-8H2,1-4H3;2*1-2H3. The first-order valence-electron chi connectivity index (χ1n) is 8.37. The van der Waals surface area contributed by atoms with Crippen LogP contribution in [0.2, 0.25) is 0 Å². The smallest absolute Gasteiger partial charge is 0.133 e. The largest absolute Gasteiger partial charge is 0.496 e. The van der Waals surface area contributed by atoms with Crippen molar-refractivity contribution in [3.8, 4) is 17.2 Å². The van der Waals surface area contributed by atoms with E-state index in [0.717, 1.165) is 42.3 Å². The van der Waals surface area contributed by atoms with Gasteiger partial charge in [0.25, 0.3) is 0 Å². The van der Waals surface area contributed by atoms with Crippen molar-refractivity contribution in [2.24, 2.45) is 0 Å². The molecule has 0 aliphatic carbocycles. The molecule has 0 unspecified atom stereocenters. The fraction of sp³-hybridized carbons (Fsp3) is 0.579. The van der Waals surface area contributed by atoms with Gasteiger partial charge in [0, 0.05) is 25.2 Å². The van der Waals surface area contributed by atoms with Crippen LogP contribution in [0.4, 0.5) is 0 Å². The molecule has 0 atom stereocenters. The molecule has 0 amide bonds. The highest BCUT2D eigenvalue weighted by atomic mass is 16.5. The summed E-state index contributed by atoms with van der Waals surface area (Å²) in [6.07, 6.45) is 3.23. The van der Waals surface area contributed by atoms with E-state index in [-0.39, 0.29) is 0 Å². The number of benzene rings is 1. The Morgan fingerprint density at radius 2 is 1.39 bits per heavy atom. The predicted molar refractivity (Wildman–Crippen MR) is 98.9 cm³/mol. The molecular formula is C19H33NO3. The van der Waals surface area contributed by atoms with Crippen molar-refractivity contribution in [1.29, 1.82) is 0 Å². The van der Waals surface area contributed by atoms with Gasteiger partial charge in [-0.2, -0.15) is 0 Å². The van der Waals surface area contributed by atoms with Crippen molar-refractivity contribution in [3.63, 3.8) is 0 Å². The third-order valence-corrected chi connectivity index (χ3v) is 3.45. The zero-order valence-corrected chi connectivity index (χ0v) is 16.0. The second kappa shape index (κ2) is 11.8.